The number of nitrogens with one attached hydrogen (secondary N) is 1. The zero-order valence-corrected chi connectivity index (χ0v) is 47.0. The minimum Gasteiger partial charge on any atom is -0.466 e. The van der Waals surface area contributed by atoms with Crippen LogP contribution >= 0.6 is 0 Å². The summed E-state index contributed by atoms with van der Waals surface area (Å²) < 4.78 is 5.49. The first-order chi connectivity index (χ1) is 34.5. The Bertz CT molecular complexity index is 1130. The standard InChI is InChI=1S/C64H121NO5/c1-3-5-7-9-11-13-15-17-19-20-22-26-30-34-38-42-46-50-54-58-64(69)70-59-55-51-47-43-39-35-31-27-24-21-23-25-29-33-37-41-45-49-53-57-63(68)65-61(60-66)62(67)56-52-48-44-40-36-32-28-18-16-14-12-10-8-6-4-2/h17,19,21,23,52,56,61-62,66-67H,3-16,18,20,22,24-51,53-55,57-60H2,1-2H3,(H,65,68)/b19-17-,23-21-,56-52+. The van der Waals surface area contributed by atoms with Gasteiger partial charge in [0.25, 0.3) is 0 Å². The Balaban J connectivity index is 3.44. The molecule has 0 aliphatic carbocycles. The third-order valence-electron chi connectivity index (χ3n) is 14.4. The molecule has 0 radical (unpaired) electrons. The van der Waals surface area contributed by atoms with E-state index in [9.17, 15) is 19.8 Å². The number of ether oxygens (including phenoxy) is 1. The zero-order valence-electron chi connectivity index (χ0n) is 47.0. The Labute approximate surface area is 436 Å². The second kappa shape index (κ2) is 59.6. The fraction of sp³-hybridized carbons (Fsp3) is 0.875. The Morgan fingerprint density at radius 3 is 1.01 bits per heavy atom. The summed E-state index contributed by atoms with van der Waals surface area (Å²) in [5.74, 6) is -0.0738. The summed E-state index contributed by atoms with van der Waals surface area (Å²) in [5.41, 5.74) is 0. The first kappa shape index (κ1) is 68.1. The van der Waals surface area contributed by atoms with Gasteiger partial charge in [-0.05, 0) is 83.5 Å². The van der Waals surface area contributed by atoms with Crippen LogP contribution in [0.4, 0.5) is 0 Å². The first-order valence-corrected chi connectivity index (χ1v) is 31.3. The summed E-state index contributed by atoms with van der Waals surface area (Å²) in [4.78, 5) is 24.6. The molecule has 0 aromatic carbocycles. The molecule has 6 heteroatoms. The summed E-state index contributed by atoms with van der Waals surface area (Å²) >= 11 is 0. The molecule has 2 atom stereocenters. The van der Waals surface area contributed by atoms with Crippen LogP contribution in [0.3, 0.4) is 0 Å². The lowest BCUT2D eigenvalue weighted by molar-refractivity contribution is -0.143. The molecule has 0 aromatic rings. The number of aliphatic hydroxyl groups is 2. The summed E-state index contributed by atoms with van der Waals surface area (Å²) in [6, 6.07) is -0.635. The summed E-state index contributed by atoms with van der Waals surface area (Å²) in [6.45, 7) is 4.90. The second-order valence-corrected chi connectivity index (χ2v) is 21.4. The van der Waals surface area contributed by atoms with Gasteiger partial charge < -0.3 is 20.3 Å². The second-order valence-electron chi connectivity index (χ2n) is 21.4. The van der Waals surface area contributed by atoms with Crippen LogP contribution in [0, 0.1) is 0 Å². The predicted molar refractivity (Wildman–Crippen MR) is 306 cm³/mol. The van der Waals surface area contributed by atoms with Crippen molar-refractivity contribution < 1.29 is 24.5 Å². The smallest absolute Gasteiger partial charge is 0.305 e. The lowest BCUT2D eigenvalue weighted by Crippen LogP contribution is -2.45. The van der Waals surface area contributed by atoms with Crippen LogP contribution in [-0.4, -0.2) is 47.4 Å². The largest absolute Gasteiger partial charge is 0.466 e. The number of allylic oxidation sites excluding steroid dienone is 5. The van der Waals surface area contributed by atoms with E-state index in [1.165, 1.54) is 257 Å². The van der Waals surface area contributed by atoms with Crippen LogP contribution in [0.2, 0.25) is 0 Å². The van der Waals surface area contributed by atoms with Crippen molar-refractivity contribution in [3.63, 3.8) is 0 Å². The fourth-order valence-corrected chi connectivity index (χ4v) is 9.57. The highest BCUT2D eigenvalue weighted by Crippen LogP contribution is 2.17. The van der Waals surface area contributed by atoms with E-state index >= 15 is 0 Å². The van der Waals surface area contributed by atoms with Crippen LogP contribution in [0.25, 0.3) is 0 Å². The fourth-order valence-electron chi connectivity index (χ4n) is 9.57. The van der Waals surface area contributed by atoms with Gasteiger partial charge in [0.1, 0.15) is 0 Å². The van der Waals surface area contributed by atoms with E-state index in [0.717, 1.165) is 51.4 Å². The number of amides is 1. The van der Waals surface area contributed by atoms with Gasteiger partial charge in [-0.25, -0.2) is 0 Å². The minimum atomic E-state index is -0.851. The van der Waals surface area contributed by atoms with Gasteiger partial charge >= 0.3 is 5.97 Å². The maximum Gasteiger partial charge on any atom is 0.305 e. The highest BCUT2D eigenvalue weighted by Gasteiger charge is 2.18. The maximum atomic E-state index is 12.5. The van der Waals surface area contributed by atoms with E-state index < -0.39 is 12.1 Å². The Kier molecular flexibility index (Phi) is 58.0. The van der Waals surface area contributed by atoms with E-state index in [1.54, 1.807) is 6.08 Å². The van der Waals surface area contributed by atoms with E-state index in [0.29, 0.717) is 19.4 Å². The number of carbonyl (C=O) groups is 2. The average Bonchev–Trinajstić information content (AvgIpc) is 3.36. The molecule has 0 spiro atoms. The molecule has 3 N–H and O–H groups in total. The molecule has 0 saturated carbocycles. The maximum absolute atomic E-state index is 12.5. The first-order valence-electron chi connectivity index (χ1n) is 31.3. The van der Waals surface area contributed by atoms with Gasteiger partial charge in [0, 0.05) is 12.8 Å². The van der Waals surface area contributed by atoms with Crippen molar-refractivity contribution in [3.8, 4) is 0 Å². The summed E-state index contributed by atoms with van der Waals surface area (Å²) in [7, 11) is 0. The lowest BCUT2D eigenvalue weighted by Gasteiger charge is -2.20. The van der Waals surface area contributed by atoms with Crippen LogP contribution < -0.4 is 5.32 Å². The van der Waals surface area contributed by atoms with E-state index in [2.05, 4.69) is 43.5 Å². The number of esters is 1. The summed E-state index contributed by atoms with van der Waals surface area (Å²) in [6.07, 6.45) is 74.6. The van der Waals surface area contributed by atoms with Gasteiger partial charge in [-0.2, -0.15) is 0 Å². The Morgan fingerprint density at radius 2 is 0.671 bits per heavy atom. The molecule has 1 amide bonds. The molecule has 412 valence electrons. The molecule has 0 heterocycles. The van der Waals surface area contributed by atoms with Crippen molar-refractivity contribution in [2.24, 2.45) is 0 Å². The van der Waals surface area contributed by atoms with Gasteiger partial charge in [-0.3, -0.25) is 9.59 Å². The molecule has 0 bridgehead atoms. The van der Waals surface area contributed by atoms with Crippen molar-refractivity contribution in [1.29, 1.82) is 0 Å². The predicted octanol–water partition coefficient (Wildman–Crippen LogP) is 19.6. The highest BCUT2D eigenvalue weighted by molar-refractivity contribution is 5.76. The summed E-state index contributed by atoms with van der Waals surface area (Å²) in [5, 5.41) is 23.1. The molecule has 0 aliphatic rings. The van der Waals surface area contributed by atoms with Crippen molar-refractivity contribution in [1.82, 2.24) is 5.32 Å². The number of hydrogen-bond donors (Lipinski definition) is 3. The Hall–Kier alpha value is -1.92. The average molecular weight is 985 g/mol. The molecule has 6 nitrogen and oxygen atoms in total. The van der Waals surface area contributed by atoms with Gasteiger partial charge in [0.05, 0.1) is 25.4 Å². The van der Waals surface area contributed by atoms with Gasteiger partial charge in [0.2, 0.25) is 5.91 Å². The molecule has 0 saturated heterocycles. The molecule has 70 heavy (non-hydrogen) atoms. The number of carbonyl (C=O) groups excluding carboxylic acids is 2. The molecule has 0 aliphatic heterocycles. The monoisotopic (exact) mass is 984 g/mol. The van der Waals surface area contributed by atoms with E-state index in [4.69, 9.17) is 4.74 Å². The van der Waals surface area contributed by atoms with Crippen LogP contribution in [0.15, 0.2) is 36.5 Å². The normalized spacial score (nSPS) is 12.8. The quantitative estimate of drug-likeness (QED) is 0.0321. The minimum absolute atomic E-state index is 0.00284. The van der Waals surface area contributed by atoms with Crippen LogP contribution in [-0.2, 0) is 14.3 Å². The molecule has 0 rings (SSSR count). The molecular weight excluding hydrogens is 863 g/mol. The topological polar surface area (TPSA) is 95.9 Å². The molecule has 0 aromatic heterocycles. The Morgan fingerprint density at radius 1 is 0.386 bits per heavy atom. The van der Waals surface area contributed by atoms with Crippen molar-refractivity contribution >= 4 is 11.9 Å². The van der Waals surface area contributed by atoms with Crippen LogP contribution in [0.1, 0.15) is 335 Å². The number of aliphatic hydroxyl groups excluding tert-OH is 2. The highest BCUT2D eigenvalue weighted by atomic mass is 16.5. The number of unbranched alkanes of at least 4 members (excludes halogenated alkanes) is 43. The van der Waals surface area contributed by atoms with Crippen molar-refractivity contribution in [3.05, 3.63) is 36.5 Å². The van der Waals surface area contributed by atoms with Crippen molar-refractivity contribution in [2.45, 2.75) is 347 Å². The SMILES string of the molecule is CCCCCCCC/C=C\CCCCCCCCCCCC(=O)OCCCCCCCCCC/C=C\CCCCCCCCCC(=O)NC(CO)C(O)/C=C/CCCCCCCCCCCCCCC. The van der Waals surface area contributed by atoms with E-state index in [1.807, 2.05) is 6.08 Å². The lowest BCUT2D eigenvalue weighted by atomic mass is 10.0. The van der Waals surface area contributed by atoms with Gasteiger partial charge in [-0.15, -0.1) is 0 Å². The third kappa shape index (κ3) is 55.4. The zero-order chi connectivity index (χ0) is 50.7. The van der Waals surface area contributed by atoms with Crippen LogP contribution in [0.5, 0.6) is 0 Å². The number of rotatable bonds is 58. The molecule has 0 fully saturated rings. The molecular formula is C64H121NO5. The number of hydrogen-bond acceptors (Lipinski definition) is 5. The van der Waals surface area contributed by atoms with E-state index in [-0.39, 0.29) is 18.5 Å². The van der Waals surface area contributed by atoms with Crippen molar-refractivity contribution in [2.75, 3.05) is 13.2 Å². The van der Waals surface area contributed by atoms with Gasteiger partial charge in [-0.1, -0.05) is 275 Å². The third-order valence-corrected chi connectivity index (χ3v) is 14.4. The van der Waals surface area contributed by atoms with Gasteiger partial charge in [0.15, 0.2) is 0 Å². The molecule has 2 unspecified atom stereocenters.